The molecule has 1 saturated heterocycles. The van der Waals surface area contributed by atoms with Gasteiger partial charge < -0.3 is 0 Å². The Balaban J connectivity index is 2.39. The van der Waals surface area contributed by atoms with E-state index in [1.165, 1.54) is 25.0 Å². The van der Waals surface area contributed by atoms with Crippen LogP contribution in [0, 0.1) is 5.92 Å². The Morgan fingerprint density at radius 2 is 2.40 bits per heavy atom. The molecule has 0 aliphatic carbocycles. The topological polar surface area (TPSA) is 20.3 Å². The van der Waals surface area contributed by atoms with Crippen LogP contribution in [0.4, 0.5) is 0 Å². The van der Waals surface area contributed by atoms with Crippen LogP contribution in [-0.4, -0.2) is 48.0 Å². The molecule has 0 amide bonds. The van der Waals surface area contributed by atoms with Crippen LogP contribution in [-0.2, 0) is 4.79 Å². The summed E-state index contributed by atoms with van der Waals surface area (Å²) >= 11 is 1.27. The summed E-state index contributed by atoms with van der Waals surface area (Å²) in [7, 11) is 2.09. The van der Waals surface area contributed by atoms with Crippen LogP contribution >= 0.6 is 0 Å². The number of carbonyl (C=O) groups excluding carboxylic acids is 1. The molecule has 3 heteroatoms. The van der Waals surface area contributed by atoms with Crippen molar-refractivity contribution in [1.29, 1.82) is 0 Å². The van der Waals surface area contributed by atoms with Crippen molar-refractivity contribution in [2.75, 3.05) is 20.1 Å². The van der Waals surface area contributed by atoms with Gasteiger partial charge in [-0.1, -0.05) is 0 Å². The van der Waals surface area contributed by atoms with Gasteiger partial charge in [0.1, 0.15) is 0 Å². The van der Waals surface area contributed by atoms with Crippen molar-refractivity contribution in [1.82, 2.24) is 4.90 Å². The average molecular weight is 196 g/mol. The monoisotopic (exact) mass is 195 g/mol. The Morgan fingerprint density at radius 3 is 2.80 bits per heavy atom. The number of likely N-dealkylation sites (tertiary alicyclic amines) is 1. The fourth-order valence-electron chi connectivity index (χ4n) is 1.40. The molecule has 1 heterocycles. The summed E-state index contributed by atoms with van der Waals surface area (Å²) in [5, 5.41) is 0. The van der Waals surface area contributed by atoms with Crippen LogP contribution in [0.15, 0.2) is 0 Å². The molecular weight excluding hydrogens is 184 g/mol. The standard InChI is InChI=1S/C7H12NO.Ga/c1-8-4-2-3-7(5-8)6-9;/h7H,2-5H2,1H3;. The van der Waals surface area contributed by atoms with Crippen molar-refractivity contribution in [3.63, 3.8) is 0 Å². The van der Waals surface area contributed by atoms with Gasteiger partial charge in [-0.15, -0.1) is 0 Å². The van der Waals surface area contributed by atoms with Crippen molar-refractivity contribution in [2.45, 2.75) is 12.8 Å². The number of nitrogens with zero attached hydrogens (tertiary/aromatic N) is 1. The summed E-state index contributed by atoms with van der Waals surface area (Å²) in [6.07, 6.45) is 2.30. The van der Waals surface area contributed by atoms with Crippen LogP contribution in [0.2, 0.25) is 0 Å². The van der Waals surface area contributed by atoms with E-state index in [1.807, 2.05) is 0 Å². The molecule has 0 saturated carbocycles. The molecule has 1 aliphatic rings. The fourth-order valence-corrected chi connectivity index (χ4v) is 1.97. The Hall–Kier alpha value is 0.266. The first-order valence-electron chi connectivity index (χ1n) is 3.68. The molecule has 1 atom stereocenters. The quantitative estimate of drug-likeness (QED) is 0.551. The van der Waals surface area contributed by atoms with Gasteiger partial charge in [0.2, 0.25) is 0 Å². The Morgan fingerprint density at radius 1 is 1.70 bits per heavy atom. The zero-order valence-electron chi connectivity index (χ0n) is 6.34. The average Bonchev–Trinajstić information content (AvgIpc) is 1.88. The third-order valence-electron chi connectivity index (χ3n) is 2.03. The molecule has 1 aliphatic heterocycles. The van der Waals surface area contributed by atoms with Gasteiger partial charge in [0.15, 0.2) is 0 Å². The van der Waals surface area contributed by atoms with Gasteiger partial charge >= 0.3 is 71.5 Å². The summed E-state index contributed by atoms with van der Waals surface area (Å²) in [6, 6.07) is 0. The summed E-state index contributed by atoms with van der Waals surface area (Å²) in [4.78, 5) is 13.2. The van der Waals surface area contributed by atoms with E-state index in [9.17, 15) is 4.79 Å². The normalized spacial score (nSPS) is 28.3. The third-order valence-corrected chi connectivity index (χ3v) is 3.02. The van der Waals surface area contributed by atoms with E-state index in [2.05, 4.69) is 11.9 Å². The molecule has 10 heavy (non-hydrogen) atoms. The predicted molar refractivity (Wildman–Crippen MR) is 41.0 cm³/mol. The summed E-state index contributed by atoms with van der Waals surface area (Å²) in [5.74, 6) is 0.346. The van der Waals surface area contributed by atoms with Gasteiger partial charge in [-0.2, -0.15) is 0 Å². The number of hydrogen-bond acceptors (Lipinski definition) is 2. The van der Waals surface area contributed by atoms with Gasteiger partial charge in [0, 0.05) is 0 Å². The molecule has 0 aromatic heterocycles. The molecule has 0 aromatic rings. The molecule has 2 radical (unpaired) electrons. The first-order chi connectivity index (χ1) is 4.70. The maximum atomic E-state index is 10.9. The van der Waals surface area contributed by atoms with Gasteiger partial charge in [-0.25, -0.2) is 0 Å². The van der Waals surface area contributed by atoms with Crippen LogP contribution in [0.25, 0.3) is 0 Å². The van der Waals surface area contributed by atoms with Gasteiger partial charge in [-0.05, 0) is 0 Å². The molecule has 2 nitrogen and oxygen atoms in total. The first kappa shape index (κ1) is 8.36. The molecule has 0 spiro atoms. The van der Waals surface area contributed by atoms with E-state index in [1.54, 1.807) is 0 Å². The molecule has 0 bridgehead atoms. The van der Waals surface area contributed by atoms with Crippen molar-refractivity contribution < 1.29 is 4.79 Å². The molecule has 1 rings (SSSR count). The van der Waals surface area contributed by atoms with E-state index in [0.717, 1.165) is 19.5 Å². The van der Waals surface area contributed by atoms with E-state index in [4.69, 9.17) is 0 Å². The summed E-state index contributed by atoms with van der Waals surface area (Å²) in [5.41, 5.74) is 0. The third kappa shape index (κ3) is 2.14. The second-order valence-electron chi connectivity index (χ2n) is 3.00. The Kier molecular flexibility index (Phi) is 3.01. The Bertz CT molecular complexity index is 138. The SMILES string of the molecule is CN1CCCC([C](=O)[Ga])C1. The van der Waals surface area contributed by atoms with E-state index in [0.29, 0.717) is 10.3 Å². The van der Waals surface area contributed by atoms with E-state index >= 15 is 0 Å². The molecule has 54 valence electrons. The minimum absolute atomic E-state index is 0.346. The zero-order chi connectivity index (χ0) is 7.56. The first-order valence-corrected chi connectivity index (χ1v) is 4.89. The van der Waals surface area contributed by atoms with Gasteiger partial charge in [0.25, 0.3) is 0 Å². The Labute approximate surface area is 71.9 Å². The van der Waals surface area contributed by atoms with Crippen molar-refractivity contribution in [3.8, 4) is 0 Å². The van der Waals surface area contributed by atoms with Crippen LogP contribution < -0.4 is 0 Å². The predicted octanol–water partition coefficient (Wildman–Crippen LogP) is 0.0233. The maximum absolute atomic E-state index is 10.9. The van der Waals surface area contributed by atoms with Crippen molar-refractivity contribution in [2.24, 2.45) is 5.92 Å². The minimum atomic E-state index is 0.346. The molecule has 1 unspecified atom stereocenters. The molecular formula is C7H12GaNO. The number of hydrogen-bond donors (Lipinski definition) is 0. The van der Waals surface area contributed by atoms with Gasteiger partial charge in [-0.3, -0.25) is 0 Å². The second-order valence-corrected chi connectivity index (χ2v) is 4.20. The van der Waals surface area contributed by atoms with E-state index in [-0.39, 0.29) is 0 Å². The van der Waals surface area contributed by atoms with Crippen molar-refractivity contribution >= 4 is 22.9 Å². The van der Waals surface area contributed by atoms with Crippen LogP contribution in [0.1, 0.15) is 12.8 Å². The fraction of sp³-hybridized carbons (Fsp3) is 0.857. The zero-order valence-corrected chi connectivity index (χ0v) is 8.76. The summed E-state index contributed by atoms with van der Waals surface area (Å²) in [6.45, 7) is 2.15. The summed E-state index contributed by atoms with van der Waals surface area (Å²) < 4.78 is 0.416. The molecule has 0 aromatic carbocycles. The van der Waals surface area contributed by atoms with E-state index < -0.39 is 0 Å². The number of piperidine rings is 1. The molecule has 0 N–H and O–H groups in total. The molecule has 1 fully saturated rings. The van der Waals surface area contributed by atoms with Crippen molar-refractivity contribution in [3.05, 3.63) is 0 Å². The van der Waals surface area contributed by atoms with Crippen LogP contribution in [0.3, 0.4) is 0 Å². The second kappa shape index (κ2) is 3.60. The van der Waals surface area contributed by atoms with Crippen LogP contribution in [0.5, 0.6) is 0 Å². The number of rotatable bonds is 1. The van der Waals surface area contributed by atoms with Gasteiger partial charge in [0.05, 0.1) is 0 Å². The number of carbonyl (C=O) groups is 1.